The van der Waals surface area contributed by atoms with Crippen LogP contribution in [0.5, 0.6) is 0 Å². The number of aliphatic hydroxyl groups is 2. The molecular formula is C15H22O4. The number of rotatable bonds is 0. The minimum Gasteiger partial charge on any atom is -0.458 e. The zero-order valence-corrected chi connectivity index (χ0v) is 11.5. The lowest BCUT2D eigenvalue weighted by Gasteiger charge is -2.36. The molecule has 0 aromatic heterocycles. The highest BCUT2D eigenvalue weighted by Gasteiger charge is 2.58. The van der Waals surface area contributed by atoms with E-state index in [1.807, 2.05) is 6.92 Å². The molecule has 0 unspecified atom stereocenters. The summed E-state index contributed by atoms with van der Waals surface area (Å²) in [6.45, 7) is 8.02. The van der Waals surface area contributed by atoms with E-state index in [-0.39, 0.29) is 29.3 Å². The van der Waals surface area contributed by atoms with Crippen LogP contribution in [0, 0.1) is 23.2 Å². The number of esters is 1. The normalized spacial score (nSPS) is 53.5. The van der Waals surface area contributed by atoms with Gasteiger partial charge in [0.2, 0.25) is 0 Å². The molecule has 0 bridgehead atoms. The molecule has 2 N–H and O–H groups in total. The van der Waals surface area contributed by atoms with Gasteiger partial charge in [-0.25, -0.2) is 4.79 Å². The number of carbonyl (C=O) groups excluding carboxylic acids is 1. The maximum absolute atomic E-state index is 11.7. The van der Waals surface area contributed by atoms with Crippen molar-refractivity contribution in [2.75, 3.05) is 0 Å². The third kappa shape index (κ3) is 1.69. The molecule has 2 aliphatic carbocycles. The molecule has 4 heteroatoms. The Morgan fingerprint density at radius 1 is 1.37 bits per heavy atom. The second-order valence-electron chi connectivity index (χ2n) is 6.85. The molecule has 0 amide bonds. The smallest absolute Gasteiger partial charge is 0.334 e. The van der Waals surface area contributed by atoms with Crippen LogP contribution in [0.2, 0.25) is 0 Å². The lowest BCUT2D eigenvalue weighted by Crippen LogP contribution is -2.38. The van der Waals surface area contributed by atoms with E-state index >= 15 is 0 Å². The molecule has 0 aromatic rings. The van der Waals surface area contributed by atoms with Gasteiger partial charge >= 0.3 is 5.97 Å². The molecule has 1 aliphatic heterocycles. The van der Waals surface area contributed by atoms with Crippen molar-refractivity contribution < 1.29 is 19.7 Å². The lowest BCUT2D eigenvalue weighted by molar-refractivity contribution is -0.139. The molecule has 2 saturated carbocycles. The summed E-state index contributed by atoms with van der Waals surface area (Å²) in [6.07, 6.45) is 0.646. The Bertz CT molecular complexity index is 432. The lowest BCUT2D eigenvalue weighted by atomic mass is 9.69. The summed E-state index contributed by atoms with van der Waals surface area (Å²) in [5, 5.41) is 20.4. The summed E-state index contributed by atoms with van der Waals surface area (Å²) >= 11 is 0. The molecule has 3 fully saturated rings. The van der Waals surface area contributed by atoms with Crippen molar-refractivity contribution in [1.82, 2.24) is 0 Å². The van der Waals surface area contributed by atoms with Gasteiger partial charge in [-0.15, -0.1) is 0 Å². The van der Waals surface area contributed by atoms with Gasteiger partial charge < -0.3 is 14.9 Å². The topological polar surface area (TPSA) is 66.8 Å². The average molecular weight is 266 g/mol. The predicted octanol–water partition coefficient (Wildman–Crippen LogP) is 1.26. The van der Waals surface area contributed by atoms with Crippen LogP contribution in [0.15, 0.2) is 12.2 Å². The summed E-state index contributed by atoms with van der Waals surface area (Å²) in [6, 6.07) is 0. The Morgan fingerprint density at radius 2 is 2.05 bits per heavy atom. The van der Waals surface area contributed by atoms with Crippen LogP contribution in [0.3, 0.4) is 0 Å². The Labute approximate surface area is 113 Å². The Kier molecular flexibility index (Phi) is 2.81. The van der Waals surface area contributed by atoms with Crippen molar-refractivity contribution in [3.63, 3.8) is 0 Å². The van der Waals surface area contributed by atoms with Crippen molar-refractivity contribution in [2.24, 2.45) is 23.2 Å². The van der Waals surface area contributed by atoms with Gasteiger partial charge in [-0.2, -0.15) is 0 Å². The first-order chi connectivity index (χ1) is 8.84. The number of hydrogen-bond donors (Lipinski definition) is 2. The van der Waals surface area contributed by atoms with E-state index in [9.17, 15) is 15.0 Å². The van der Waals surface area contributed by atoms with Crippen molar-refractivity contribution in [3.8, 4) is 0 Å². The molecule has 0 aromatic carbocycles. The summed E-state index contributed by atoms with van der Waals surface area (Å²) in [5.74, 6) is 0.294. The molecule has 3 aliphatic rings. The van der Waals surface area contributed by atoms with E-state index in [2.05, 4.69) is 13.5 Å². The maximum atomic E-state index is 11.7. The van der Waals surface area contributed by atoms with Gasteiger partial charge in [-0.3, -0.25) is 0 Å². The van der Waals surface area contributed by atoms with Crippen LogP contribution in [0.25, 0.3) is 0 Å². The van der Waals surface area contributed by atoms with Gasteiger partial charge in [-0.05, 0) is 36.5 Å². The fourth-order valence-corrected chi connectivity index (χ4v) is 4.61. The van der Waals surface area contributed by atoms with E-state index in [1.165, 1.54) is 0 Å². The second-order valence-corrected chi connectivity index (χ2v) is 6.85. The highest BCUT2D eigenvalue weighted by atomic mass is 16.6. The van der Waals surface area contributed by atoms with Crippen molar-refractivity contribution in [1.29, 1.82) is 0 Å². The van der Waals surface area contributed by atoms with Crippen molar-refractivity contribution in [3.05, 3.63) is 12.2 Å². The van der Waals surface area contributed by atoms with Crippen LogP contribution < -0.4 is 0 Å². The van der Waals surface area contributed by atoms with Crippen molar-refractivity contribution in [2.45, 2.75) is 51.4 Å². The zero-order chi connectivity index (χ0) is 13.9. The van der Waals surface area contributed by atoms with E-state index in [0.29, 0.717) is 24.3 Å². The van der Waals surface area contributed by atoms with Crippen LogP contribution >= 0.6 is 0 Å². The second kappa shape index (κ2) is 4.06. The van der Waals surface area contributed by atoms with Gasteiger partial charge in [-0.1, -0.05) is 20.4 Å². The minimum absolute atomic E-state index is 0.00935. The molecule has 0 spiro atoms. The largest absolute Gasteiger partial charge is 0.458 e. The Morgan fingerprint density at radius 3 is 2.74 bits per heavy atom. The predicted molar refractivity (Wildman–Crippen MR) is 69.1 cm³/mol. The van der Waals surface area contributed by atoms with Crippen LogP contribution in [-0.2, 0) is 9.53 Å². The third-order valence-electron chi connectivity index (χ3n) is 5.75. The van der Waals surface area contributed by atoms with Gasteiger partial charge in [0.1, 0.15) is 6.10 Å². The Balaban J connectivity index is 1.97. The van der Waals surface area contributed by atoms with Gasteiger partial charge in [0.05, 0.1) is 12.2 Å². The molecule has 19 heavy (non-hydrogen) atoms. The molecular weight excluding hydrogens is 244 g/mol. The quantitative estimate of drug-likeness (QED) is 0.512. The molecule has 1 saturated heterocycles. The fourth-order valence-electron chi connectivity index (χ4n) is 4.61. The van der Waals surface area contributed by atoms with Crippen LogP contribution in [0.1, 0.15) is 33.1 Å². The maximum Gasteiger partial charge on any atom is 0.334 e. The van der Waals surface area contributed by atoms with Gasteiger partial charge in [0, 0.05) is 11.5 Å². The number of carbonyl (C=O) groups is 1. The summed E-state index contributed by atoms with van der Waals surface area (Å²) < 4.78 is 5.42. The standard InChI is InChI=1S/C15H22O4/c1-7-4-12-9(8(2)14(18)19-12)6-15(3)10(7)5-11(16)13(15)17/h7,9-13,16-17H,2,4-6H2,1,3H3/t7-,9+,10+,11-,12+,13+,15+/m1/s1. The van der Waals surface area contributed by atoms with E-state index in [4.69, 9.17) is 4.74 Å². The molecule has 7 atom stereocenters. The third-order valence-corrected chi connectivity index (χ3v) is 5.75. The number of aliphatic hydroxyl groups excluding tert-OH is 2. The summed E-state index contributed by atoms with van der Waals surface area (Å²) in [7, 11) is 0. The highest BCUT2D eigenvalue weighted by molar-refractivity contribution is 5.90. The molecule has 4 nitrogen and oxygen atoms in total. The molecule has 106 valence electrons. The molecule has 3 rings (SSSR count). The van der Waals surface area contributed by atoms with Crippen LogP contribution in [0.4, 0.5) is 0 Å². The minimum atomic E-state index is -0.720. The van der Waals surface area contributed by atoms with Gasteiger partial charge in [0.15, 0.2) is 0 Å². The molecule has 1 heterocycles. The molecule has 0 radical (unpaired) electrons. The first kappa shape index (κ1) is 13.1. The monoisotopic (exact) mass is 266 g/mol. The van der Waals surface area contributed by atoms with Crippen LogP contribution in [-0.4, -0.2) is 34.5 Å². The zero-order valence-electron chi connectivity index (χ0n) is 11.5. The Hall–Kier alpha value is -0.870. The first-order valence-corrected chi connectivity index (χ1v) is 7.10. The fraction of sp³-hybridized carbons (Fsp3) is 0.800. The number of ether oxygens (including phenoxy) is 1. The average Bonchev–Trinajstić information content (AvgIpc) is 2.68. The number of fused-ring (bicyclic) bond motifs is 2. The summed E-state index contributed by atoms with van der Waals surface area (Å²) in [4.78, 5) is 11.7. The van der Waals surface area contributed by atoms with Gasteiger partial charge in [0.25, 0.3) is 0 Å². The number of hydrogen-bond acceptors (Lipinski definition) is 4. The van der Waals surface area contributed by atoms with E-state index in [0.717, 1.165) is 6.42 Å². The SMILES string of the molecule is C=C1C(=O)O[C@H]2C[C@@H](C)[C@@H]3C[C@@H](O)[C@H](O)[C@@]3(C)C[C@@H]12. The van der Waals surface area contributed by atoms with Crippen molar-refractivity contribution >= 4 is 5.97 Å². The van der Waals surface area contributed by atoms with E-state index < -0.39 is 12.2 Å². The summed E-state index contributed by atoms with van der Waals surface area (Å²) in [5.41, 5.74) is 0.183. The van der Waals surface area contributed by atoms with E-state index in [1.54, 1.807) is 0 Å². The first-order valence-electron chi connectivity index (χ1n) is 7.10. The highest BCUT2D eigenvalue weighted by Crippen LogP contribution is 2.56.